The molecule has 1 unspecified atom stereocenters. The Bertz CT molecular complexity index is 799. The van der Waals surface area contributed by atoms with E-state index in [4.69, 9.17) is 9.47 Å². The van der Waals surface area contributed by atoms with Gasteiger partial charge in [-0.2, -0.15) is 0 Å². The van der Waals surface area contributed by atoms with E-state index in [1.165, 1.54) is 16.7 Å². The number of morpholine rings is 1. The van der Waals surface area contributed by atoms with E-state index in [1.807, 2.05) is 19.2 Å². The number of nitrogens with one attached hydrogen (secondary N) is 2. The van der Waals surface area contributed by atoms with Gasteiger partial charge in [0.25, 0.3) is 0 Å². The first-order valence-corrected chi connectivity index (χ1v) is 11.1. The van der Waals surface area contributed by atoms with Gasteiger partial charge in [-0.3, -0.25) is 9.89 Å². The molecule has 31 heavy (non-hydrogen) atoms. The predicted octanol–water partition coefficient (Wildman–Crippen LogP) is 3.39. The summed E-state index contributed by atoms with van der Waals surface area (Å²) in [6, 6.07) is 17.2. The maximum atomic E-state index is 5.42. The third-order valence-electron chi connectivity index (χ3n) is 5.77. The van der Waals surface area contributed by atoms with Crippen molar-refractivity contribution in [2.45, 2.75) is 32.4 Å². The zero-order chi connectivity index (χ0) is 21.9. The van der Waals surface area contributed by atoms with Crippen LogP contribution in [-0.4, -0.2) is 57.9 Å². The Morgan fingerprint density at radius 3 is 2.35 bits per heavy atom. The molecule has 3 rings (SSSR count). The van der Waals surface area contributed by atoms with Crippen LogP contribution in [0.4, 0.5) is 0 Å². The van der Waals surface area contributed by atoms with Crippen molar-refractivity contribution < 1.29 is 9.47 Å². The number of hydrogen-bond donors (Lipinski definition) is 2. The van der Waals surface area contributed by atoms with Crippen LogP contribution in [0.5, 0.6) is 5.75 Å². The average Bonchev–Trinajstić information content (AvgIpc) is 2.82. The molecule has 1 aliphatic rings. The van der Waals surface area contributed by atoms with Crippen LogP contribution in [0, 0.1) is 0 Å². The van der Waals surface area contributed by atoms with Crippen LogP contribution < -0.4 is 15.4 Å². The Morgan fingerprint density at radius 2 is 1.71 bits per heavy atom. The minimum Gasteiger partial charge on any atom is -0.497 e. The predicted molar refractivity (Wildman–Crippen MR) is 127 cm³/mol. The molecule has 1 heterocycles. The molecule has 0 spiro atoms. The lowest BCUT2D eigenvalue weighted by Gasteiger charge is -2.26. The molecule has 0 radical (unpaired) electrons. The van der Waals surface area contributed by atoms with Gasteiger partial charge < -0.3 is 20.1 Å². The zero-order valence-electron chi connectivity index (χ0n) is 19.1. The molecule has 1 fully saturated rings. The Balaban J connectivity index is 1.38. The van der Waals surface area contributed by atoms with Crippen molar-refractivity contribution in [2.75, 3.05) is 47.0 Å². The molecule has 0 saturated carbocycles. The quantitative estimate of drug-likeness (QED) is 0.477. The maximum absolute atomic E-state index is 5.42. The molecule has 0 aliphatic carbocycles. The summed E-state index contributed by atoms with van der Waals surface area (Å²) in [4.78, 5) is 6.79. The summed E-state index contributed by atoms with van der Waals surface area (Å²) in [6.07, 6.45) is 1.03. The van der Waals surface area contributed by atoms with E-state index in [0.29, 0.717) is 5.92 Å². The molecule has 1 saturated heterocycles. The first-order chi connectivity index (χ1) is 15.2. The summed E-state index contributed by atoms with van der Waals surface area (Å²) in [5, 5.41) is 6.83. The summed E-state index contributed by atoms with van der Waals surface area (Å²) in [6.45, 7) is 8.58. The molecular weight excluding hydrogens is 388 g/mol. The normalized spacial score (nSPS) is 16.0. The molecule has 0 amide bonds. The summed E-state index contributed by atoms with van der Waals surface area (Å²) in [5.41, 5.74) is 3.92. The number of hydrogen-bond acceptors (Lipinski definition) is 4. The molecular formula is C25H36N4O2. The van der Waals surface area contributed by atoms with Crippen molar-refractivity contribution in [3.8, 4) is 5.75 Å². The fourth-order valence-electron chi connectivity index (χ4n) is 3.69. The second kappa shape index (κ2) is 12.3. The average molecular weight is 425 g/mol. The molecule has 0 bridgehead atoms. The van der Waals surface area contributed by atoms with E-state index in [2.05, 4.69) is 63.8 Å². The maximum Gasteiger partial charge on any atom is 0.191 e. The summed E-state index contributed by atoms with van der Waals surface area (Å²) in [5.74, 6) is 2.20. The molecule has 6 heteroatoms. The van der Waals surface area contributed by atoms with Crippen LogP contribution in [0.2, 0.25) is 0 Å². The van der Waals surface area contributed by atoms with Gasteiger partial charge in [0.1, 0.15) is 5.75 Å². The van der Waals surface area contributed by atoms with E-state index in [9.17, 15) is 0 Å². The second-order valence-corrected chi connectivity index (χ2v) is 8.02. The number of ether oxygens (including phenoxy) is 2. The Hall–Kier alpha value is -2.57. The minimum absolute atomic E-state index is 0.468. The highest BCUT2D eigenvalue weighted by atomic mass is 16.5. The third kappa shape index (κ3) is 7.56. The smallest absolute Gasteiger partial charge is 0.191 e. The molecule has 2 N–H and O–H groups in total. The lowest BCUT2D eigenvalue weighted by molar-refractivity contribution is 0.0342. The first-order valence-electron chi connectivity index (χ1n) is 11.1. The van der Waals surface area contributed by atoms with Gasteiger partial charge in [0.2, 0.25) is 0 Å². The lowest BCUT2D eigenvalue weighted by atomic mass is 9.98. The van der Waals surface area contributed by atoms with Crippen LogP contribution in [0.25, 0.3) is 0 Å². The van der Waals surface area contributed by atoms with Gasteiger partial charge in [0.05, 0.1) is 20.3 Å². The van der Waals surface area contributed by atoms with E-state index in [0.717, 1.165) is 64.1 Å². The van der Waals surface area contributed by atoms with Crippen molar-refractivity contribution >= 4 is 5.96 Å². The van der Waals surface area contributed by atoms with Gasteiger partial charge in [-0.05, 0) is 41.2 Å². The van der Waals surface area contributed by atoms with Crippen molar-refractivity contribution in [3.05, 3.63) is 65.2 Å². The van der Waals surface area contributed by atoms with Gasteiger partial charge in [-0.1, -0.05) is 43.3 Å². The van der Waals surface area contributed by atoms with Crippen molar-refractivity contribution in [3.63, 3.8) is 0 Å². The summed E-state index contributed by atoms with van der Waals surface area (Å²) >= 11 is 0. The Labute approximate surface area is 186 Å². The van der Waals surface area contributed by atoms with Gasteiger partial charge in [0.15, 0.2) is 5.96 Å². The number of methoxy groups -OCH3 is 1. The second-order valence-electron chi connectivity index (χ2n) is 8.02. The van der Waals surface area contributed by atoms with Crippen molar-refractivity contribution in [1.29, 1.82) is 0 Å². The lowest BCUT2D eigenvalue weighted by Crippen LogP contribution is -2.37. The number of nitrogens with zero attached hydrogens (tertiary/aromatic N) is 2. The molecule has 2 aromatic carbocycles. The zero-order valence-corrected chi connectivity index (χ0v) is 19.1. The molecule has 168 valence electrons. The standard InChI is InChI=1S/C25H36N4O2/c1-20(23-8-10-24(30-3)11-9-23)12-13-27-25(26-2)28-18-21-4-6-22(7-5-21)19-29-14-16-31-17-15-29/h4-11,20H,12-19H2,1-3H3,(H2,26,27,28). The number of benzene rings is 2. The van der Waals surface area contributed by atoms with Crippen molar-refractivity contribution in [1.82, 2.24) is 15.5 Å². The number of guanidine groups is 1. The third-order valence-corrected chi connectivity index (χ3v) is 5.77. The van der Waals surface area contributed by atoms with Crippen LogP contribution in [0.1, 0.15) is 36.0 Å². The molecule has 0 aromatic heterocycles. The SMILES string of the molecule is CN=C(NCCC(C)c1ccc(OC)cc1)NCc1ccc(CN2CCOCC2)cc1. The van der Waals surface area contributed by atoms with E-state index in [-0.39, 0.29) is 0 Å². The van der Waals surface area contributed by atoms with E-state index < -0.39 is 0 Å². The fraction of sp³-hybridized carbons (Fsp3) is 0.480. The highest BCUT2D eigenvalue weighted by Crippen LogP contribution is 2.21. The van der Waals surface area contributed by atoms with Gasteiger partial charge in [-0.25, -0.2) is 0 Å². The molecule has 1 atom stereocenters. The monoisotopic (exact) mass is 424 g/mol. The van der Waals surface area contributed by atoms with Gasteiger partial charge >= 0.3 is 0 Å². The summed E-state index contributed by atoms with van der Waals surface area (Å²) < 4.78 is 10.7. The Kier molecular flexibility index (Phi) is 9.18. The minimum atomic E-state index is 0.468. The largest absolute Gasteiger partial charge is 0.497 e. The Morgan fingerprint density at radius 1 is 1.03 bits per heavy atom. The van der Waals surface area contributed by atoms with Crippen LogP contribution in [0.15, 0.2) is 53.5 Å². The number of aliphatic imine (C=N–C) groups is 1. The van der Waals surface area contributed by atoms with Gasteiger partial charge in [-0.15, -0.1) is 0 Å². The van der Waals surface area contributed by atoms with E-state index in [1.54, 1.807) is 7.11 Å². The molecule has 6 nitrogen and oxygen atoms in total. The highest BCUT2D eigenvalue weighted by Gasteiger charge is 2.10. The van der Waals surface area contributed by atoms with Gasteiger partial charge in [0, 0.05) is 39.8 Å². The summed E-state index contributed by atoms with van der Waals surface area (Å²) in [7, 11) is 3.51. The van der Waals surface area contributed by atoms with Crippen molar-refractivity contribution in [2.24, 2.45) is 4.99 Å². The number of rotatable bonds is 9. The first kappa shape index (κ1) is 23.1. The molecule has 1 aliphatic heterocycles. The van der Waals surface area contributed by atoms with Crippen LogP contribution in [-0.2, 0) is 17.8 Å². The molecule has 2 aromatic rings. The van der Waals surface area contributed by atoms with Crippen LogP contribution >= 0.6 is 0 Å². The topological polar surface area (TPSA) is 58.1 Å². The van der Waals surface area contributed by atoms with E-state index >= 15 is 0 Å². The highest BCUT2D eigenvalue weighted by molar-refractivity contribution is 5.79. The fourth-order valence-corrected chi connectivity index (χ4v) is 3.69. The van der Waals surface area contributed by atoms with Crippen LogP contribution in [0.3, 0.4) is 0 Å².